The maximum atomic E-state index is 11.5. The molecule has 1 aliphatic carbocycles. The minimum Gasteiger partial charge on any atom is -0.469 e. The van der Waals surface area contributed by atoms with Crippen LogP contribution in [0.1, 0.15) is 25.7 Å². The Hall–Kier alpha value is -0.610. The van der Waals surface area contributed by atoms with Crippen molar-refractivity contribution in [2.24, 2.45) is 17.6 Å². The van der Waals surface area contributed by atoms with Crippen LogP contribution < -0.4 is 5.73 Å². The van der Waals surface area contributed by atoms with E-state index in [0.29, 0.717) is 12.0 Å². The van der Waals surface area contributed by atoms with E-state index < -0.39 is 0 Å². The van der Waals surface area contributed by atoms with Gasteiger partial charge in [0.25, 0.3) is 0 Å². The first-order valence-corrected chi connectivity index (χ1v) is 6.28. The van der Waals surface area contributed by atoms with Crippen LogP contribution in [0.4, 0.5) is 0 Å². The van der Waals surface area contributed by atoms with Crippen LogP contribution in [-0.4, -0.2) is 43.7 Å². The van der Waals surface area contributed by atoms with Crippen LogP contribution in [-0.2, 0) is 9.53 Å². The number of carbonyl (C=O) groups is 1. The van der Waals surface area contributed by atoms with Crippen LogP contribution in [0.15, 0.2) is 0 Å². The van der Waals surface area contributed by atoms with Crippen molar-refractivity contribution in [3.05, 3.63) is 0 Å². The molecule has 0 bridgehead atoms. The Morgan fingerprint density at radius 1 is 1.44 bits per heavy atom. The summed E-state index contributed by atoms with van der Waals surface area (Å²) in [6.07, 6.45) is 4.72. The van der Waals surface area contributed by atoms with Gasteiger partial charge in [0, 0.05) is 12.6 Å². The Labute approximate surface area is 97.1 Å². The second-order valence-electron chi connectivity index (χ2n) is 5.00. The molecule has 1 aliphatic heterocycles. The minimum atomic E-state index is -0.0511. The van der Waals surface area contributed by atoms with Gasteiger partial charge in [-0.25, -0.2) is 0 Å². The summed E-state index contributed by atoms with van der Waals surface area (Å²) < 4.78 is 4.81. The number of methoxy groups -OCH3 is 1. The molecule has 1 saturated heterocycles. The highest BCUT2D eigenvalue weighted by atomic mass is 16.5. The molecule has 3 atom stereocenters. The lowest BCUT2D eigenvalue weighted by molar-refractivity contribution is -0.145. The zero-order chi connectivity index (χ0) is 11.5. The van der Waals surface area contributed by atoms with Gasteiger partial charge in [0.1, 0.15) is 0 Å². The number of rotatable bonds is 3. The molecule has 0 aromatic carbocycles. The van der Waals surface area contributed by atoms with Crippen LogP contribution in [0.3, 0.4) is 0 Å². The van der Waals surface area contributed by atoms with Crippen LogP contribution in [0.2, 0.25) is 0 Å². The van der Waals surface area contributed by atoms with Gasteiger partial charge < -0.3 is 10.5 Å². The second kappa shape index (κ2) is 5.15. The van der Waals surface area contributed by atoms with E-state index in [4.69, 9.17) is 10.5 Å². The summed E-state index contributed by atoms with van der Waals surface area (Å²) in [5, 5.41) is 0. The quantitative estimate of drug-likeness (QED) is 0.716. The molecule has 16 heavy (non-hydrogen) atoms. The molecule has 0 radical (unpaired) electrons. The van der Waals surface area contributed by atoms with Crippen molar-refractivity contribution >= 4 is 5.97 Å². The number of nitrogens with two attached hydrogens (primary N) is 1. The highest BCUT2D eigenvalue weighted by Crippen LogP contribution is 2.32. The van der Waals surface area contributed by atoms with E-state index in [2.05, 4.69) is 4.90 Å². The monoisotopic (exact) mass is 226 g/mol. The fourth-order valence-corrected chi connectivity index (χ4v) is 3.22. The minimum absolute atomic E-state index is 0.0511. The van der Waals surface area contributed by atoms with E-state index in [1.807, 2.05) is 0 Å². The number of nitrogens with zero attached hydrogens (tertiary/aromatic N) is 1. The third-order valence-electron chi connectivity index (χ3n) is 4.14. The smallest absolute Gasteiger partial charge is 0.310 e. The molecule has 4 nitrogen and oxygen atoms in total. The van der Waals surface area contributed by atoms with Crippen molar-refractivity contribution in [2.45, 2.75) is 31.7 Å². The molecule has 3 unspecified atom stereocenters. The van der Waals surface area contributed by atoms with Gasteiger partial charge in [-0.2, -0.15) is 0 Å². The van der Waals surface area contributed by atoms with Crippen LogP contribution >= 0.6 is 0 Å². The van der Waals surface area contributed by atoms with Crippen molar-refractivity contribution in [2.75, 3.05) is 26.7 Å². The van der Waals surface area contributed by atoms with Crippen molar-refractivity contribution in [3.63, 3.8) is 0 Å². The average molecular weight is 226 g/mol. The summed E-state index contributed by atoms with van der Waals surface area (Å²) in [6, 6.07) is 0.611. The highest BCUT2D eigenvalue weighted by molar-refractivity contribution is 5.72. The first kappa shape index (κ1) is 11.9. The standard InChI is InChI=1S/C12H22N2O2/c1-16-12(15)10-5-6-14(8-10)11-4-2-3-9(11)7-13/h9-11H,2-8,13H2,1H3. The molecule has 92 valence electrons. The molecule has 4 heteroatoms. The molecule has 1 heterocycles. The first-order chi connectivity index (χ1) is 7.76. The number of hydrogen-bond donors (Lipinski definition) is 1. The Morgan fingerprint density at radius 2 is 2.25 bits per heavy atom. The van der Waals surface area contributed by atoms with Crippen molar-refractivity contribution in [1.29, 1.82) is 0 Å². The van der Waals surface area contributed by atoms with Crippen molar-refractivity contribution < 1.29 is 9.53 Å². The Kier molecular flexibility index (Phi) is 3.82. The topological polar surface area (TPSA) is 55.6 Å². The zero-order valence-corrected chi connectivity index (χ0v) is 10.0. The molecular formula is C12H22N2O2. The molecule has 2 N–H and O–H groups in total. The highest BCUT2D eigenvalue weighted by Gasteiger charge is 2.37. The summed E-state index contributed by atoms with van der Waals surface area (Å²) in [6.45, 7) is 2.68. The fourth-order valence-electron chi connectivity index (χ4n) is 3.22. The number of hydrogen-bond acceptors (Lipinski definition) is 4. The number of likely N-dealkylation sites (tertiary alicyclic amines) is 1. The van der Waals surface area contributed by atoms with Gasteiger partial charge >= 0.3 is 5.97 Å². The van der Waals surface area contributed by atoms with Crippen LogP contribution in [0, 0.1) is 11.8 Å². The first-order valence-electron chi connectivity index (χ1n) is 6.28. The largest absolute Gasteiger partial charge is 0.469 e. The van der Waals surface area contributed by atoms with Crippen molar-refractivity contribution in [1.82, 2.24) is 4.90 Å². The van der Waals surface area contributed by atoms with Gasteiger partial charge in [-0.05, 0) is 38.3 Å². The Bertz CT molecular complexity index is 257. The summed E-state index contributed by atoms with van der Waals surface area (Å²) in [5.41, 5.74) is 5.79. The van der Waals surface area contributed by atoms with Crippen LogP contribution in [0.25, 0.3) is 0 Å². The maximum Gasteiger partial charge on any atom is 0.310 e. The molecule has 0 aromatic heterocycles. The Balaban J connectivity index is 1.90. The molecule has 2 aliphatic rings. The lowest BCUT2D eigenvalue weighted by atomic mass is 10.0. The summed E-state index contributed by atoms with van der Waals surface area (Å²) in [5.74, 6) is 0.671. The summed E-state index contributed by atoms with van der Waals surface area (Å²) in [7, 11) is 1.48. The normalized spacial score (nSPS) is 35.5. The predicted molar refractivity (Wildman–Crippen MR) is 61.9 cm³/mol. The van der Waals surface area contributed by atoms with E-state index in [1.54, 1.807) is 0 Å². The molecule has 0 aromatic rings. The molecule has 0 amide bonds. The lowest BCUT2D eigenvalue weighted by Crippen LogP contribution is -2.39. The van der Waals surface area contributed by atoms with Crippen LogP contribution in [0.5, 0.6) is 0 Å². The number of carbonyl (C=O) groups excluding carboxylic acids is 1. The molecule has 1 saturated carbocycles. The molecular weight excluding hydrogens is 204 g/mol. The van der Waals surface area contributed by atoms with E-state index in [-0.39, 0.29) is 11.9 Å². The third kappa shape index (κ3) is 2.23. The Morgan fingerprint density at radius 3 is 2.94 bits per heavy atom. The zero-order valence-electron chi connectivity index (χ0n) is 10.0. The van der Waals surface area contributed by atoms with Gasteiger partial charge in [0.05, 0.1) is 13.0 Å². The average Bonchev–Trinajstić information content (AvgIpc) is 2.95. The molecule has 2 rings (SSSR count). The number of esters is 1. The van der Waals surface area contributed by atoms with E-state index in [9.17, 15) is 4.79 Å². The maximum absolute atomic E-state index is 11.5. The summed E-state index contributed by atoms with van der Waals surface area (Å²) in [4.78, 5) is 13.9. The van der Waals surface area contributed by atoms with Crippen molar-refractivity contribution in [3.8, 4) is 0 Å². The number of ether oxygens (including phenoxy) is 1. The SMILES string of the molecule is COC(=O)C1CCN(C2CCCC2CN)C1. The third-order valence-corrected chi connectivity index (χ3v) is 4.14. The van der Waals surface area contributed by atoms with Gasteiger partial charge in [0.15, 0.2) is 0 Å². The second-order valence-corrected chi connectivity index (χ2v) is 5.00. The lowest BCUT2D eigenvalue weighted by Gasteiger charge is -2.28. The van der Waals surface area contributed by atoms with Gasteiger partial charge in [0.2, 0.25) is 0 Å². The van der Waals surface area contributed by atoms with Gasteiger partial charge in [-0.1, -0.05) is 6.42 Å². The van der Waals surface area contributed by atoms with E-state index >= 15 is 0 Å². The van der Waals surface area contributed by atoms with E-state index in [1.165, 1.54) is 26.4 Å². The molecule has 0 spiro atoms. The van der Waals surface area contributed by atoms with Gasteiger partial charge in [-0.3, -0.25) is 9.69 Å². The van der Waals surface area contributed by atoms with Gasteiger partial charge in [-0.15, -0.1) is 0 Å². The molecule has 2 fully saturated rings. The summed E-state index contributed by atoms with van der Waals surface area (Å²) >= 11 is 0. The van der Waals surface area contributed by atoms with E-state index in [0.717, 1.165) is 26.1 Å². The predicted octanol–water partition coefficient (Wildman–Crippen LogP) is 0.609. The fraction of sp³-hybridized carbons (Fsp3) is 0.917.